The van der Waals surface area contributed by atoms with Crippen LogP contribution in [0.25, 0.3) is 0 Å². The van der Waals surface area contributed by atoms with Crippen LogP contribution in [0.3, 0.4) is 0 Å². The predicted octanol–water partition coefficient (Wildman–Crippen LogP) is 3.98. The summed E-state index contributed by atoms with van der Waals surface area (Å²) >= 11 is 0. The van der Waals surface area contributed by atoms with E-state index in [0.29, 0.717) is 6.42 Å². The second kappa shape index (κ2) is 7.08. The summed E-state index contributed by atoms with van der Waals surface area (Å²) in [5.41, 5.74) is 2.06. The van der Waals surface area contributed by atoms with E-state index in [9.17, 15) is 9.59 Å². The summed E-state index contributed by atoms with van der Waals surface area (Å²) in [5.74, 6) is -0.00613. The van der Waals surface area contributed by atoms with Crippen molar-refractivity contribution in [3.8, 4) is 0 Å². The summed E-state index contributed by atoms with van der Waals surface area (Å²) in [7, 11) is 1.81. The highest BCUT2D eigenvalue weighted by molar-refractivity contribution is 6.10. The molecule has 1 atom stereocenters. The van der Waals surface area contributed by atoms with Gasteiger partial charge in [-0.05, 0) is 42.9 Å². The van der Waals surface area contributed by atoms with Gasteiger partial charge in [0.05, 0.1) is 5.41 Å². The summed E-state index contributed by atoms with van der Waals surface area (Å²) in [5, 5.41) is 3.26. The van der Waals surface area contributed by atoms with Crippen molar-refractivity contribution in [1.29, 1.82) is 0 Å². The highest BCUT2D eigenvalue weighted by Crippen LogP contribution is 2.46. The molecule has 1 heterocycles. The largest absolute Gasteiger partial charge is 0.351 e. The van der Waals surface area contributed by atoms with Gasteiger partial charge < -0.3 is 10.2 Å². The fourth-order valence-corrected chi connectivity index (χ4v) is 4.75. The number of fused-ring (bicyclic) bond motifs is 1. The Morgan fingerprint density at radius 2 is 1.75 bits per heavy atom. The summed E-state index contributed by atoms with van der Waals surface area (Å²) in [4.78, 5) is 28.3. The molecular formula is C24H28N2O2. The molecule has 0 radical (unpaired) electrons. The second-order valence-electron chi connectivity index (χ2n) is 8.38. The first-order chi connectivity index (χ1) is 13.5. The molecule has 0 unspecified atom stereocenters. The maximum atomic E-state index is 13.5. The van der Waals surface area contributed by atoms with Crippen molar-refractivity contribution in [3.63, 3.8) is 0 Å². The van der Waals surface area contributed by atoms with E-state index in [2.05, 4.69) is 12.2 Å². The van der Waals surface area contributed by atoms with E-state index in [-0.39, 0.29) is 23.8 Å². The number of likely N-dealkylation sites (N-methyl/N-ethyl adjacent to an activating group) is 1. The van der Waals surface area contributed by atoms with Gasteiger partial charge in [0, 0.05) is 24.7 Å². The standard InChI is InChI=1S/C24H28N2O2/c1-3-13-23(14-15-23)25-21(27)17-24(16-18-9-5-4-6-10-18)19-11-7-8-12-20(19)26(2)22(24)28/h4-12H,3,13-17H2,1-2H3,(H,25,27)/t24-/m1/s1. The Balaban J connectivity index is 1.69. The Kier molecular flexibility index (Phi) is 4.74. The SMILES string of the molecule is CCCC1(NC(=O)C[C@@]2(Cc3ccccc3)C(=O)N(C)c3ccccc32)CC1. The van der Waals surface area contributed by atoms with Gasteiger partial charge in [0.15, 0.2) is 0 Å². The summed E-state index contributed by atoms with van der Waals surface area (Å²) in [6, 6.07) is 17.9. The summed E-state index contributed by atoms with van der Waals surface area (Å²) in [6.45, 7) is 2.15. The molecule has 0 spiro atoms. The van der Waals surface area contributed by atoms with Crippen LogP contribution in [0.4, 0.5) is 5.69 Å². The molecule has 2 aromatic rings. The van der Waals surface area contributed by atoms with Gasteiger partial charge in [0.1, 0.15) is 0 Å². The molecule has 146 valence electrons. The number of nitrogens with one attached hydrogen (secondary N) is 1. The van der Waals surface area contributed by atoms with Gasteiger partial charge in [-0.1, -0.05) is 61.9 Å². The van der Waals surface area contributed by atoms with Crippen molar-refractivity contribution in [2.45, 2.75) is 56.4 Å². The highest BCUT2D eigenvalue weighted by Gasteiger charge is 2.52. The lowest BCUT2D eigenvalue weighted by atomic mass is 9.73. The lowest BCUT2D eigenvalue weighted by Crippen LogP contribution is -2.46. The third-order valence-electron chi connectivity index (χ3n) is 6.29. The molecule has 0 aromatic heterocycles. The van der Waals surface area contributed by atoms with E-state index in [4.69, 9.17) is 0 Å². The van der Waals surface area contributed by atoms with Gasteiger partial charge in [-0.2, -0.15) is 0 Å². The molecule has 0 bridgehead atoms. The van der Waals surface area contributed by atoms with Crippen LogP contribution in [0.15, 0.2) is 54.6 Å². The molecule has 1 N–H and O–H groups in total. The van der Waals surface area contributed by atoms with Crippen molar-refractivity contribution in [2.75, 3.05) is 11.9 Å². The number of para-hydroxylation sites is 1. The van der Waals surface area contributed by atoms with Crippen molar-refractivity contribution in [1.82, 2.24) is 5.32 Å². The monoisotopic (exact) mass is 376 g/mol. The molecule has 2 aliphatic rings. The van der Waals surface area contributed by atoms with Crippen LogP contribution in [0.1, 0.15) is 50.2 Å². The highest BCUT2D eigenvalue weighted by atomic mass is 16.2. The molecule has 4 rings (SSSR count). The Hall–Kier alpha value is -2.62. The van der Waals surface area contributed by atoms with Crippen LogP contribution >= 0.6 is 0 Å². The quantitative estimate of drug-likeness (QED) is 0.794. The van der Waals surface area contributed by atoms with Gasteiger partial charge in [-0.3, -0.25) is 9.59 Å². The molecule has 4 heteroatoms. The number of hydrogen-bond acceptors (Lipinski definition) is 2. The molecular weight excluding hydrogens is 348 g/mol. The Bertz CT molecular complexity index is 888. The fourth-order valence-electron chi connectivity index (χ4n) is 4.75. The zero-order valence-electron chi connectivity index (χ0n) is 16.7. The van der Waals surface area contributed by atoms with E-state index in [0.717, 1.165) is 42.5 Å². The normalized spacial score (nSPS) is 22.1. The molecule has 1 aliphatic heterocycles. The van der Waals surface area contributed by atoms with Crippen LogP contribution in [0.5, 0.6) is 0 Å². The third-order valence-corrected chi connectivity index (χ3v) is 6.29. The number of hydrogen-bond donors (Lipinski definition) is 1. The Labute approximate surface area is 166 Å². The van der Waals surface area contributed by atoms with E-state index in [1.165, 1.54) is 0 Å². The number of nitrogens with zero attached hydrogens (tertiary/aromatic N) is 1. The lowest BCUT2D eigenvalue weighted by molar-refractivity contribution is -0.130. The molecule has 4 nitrogen and oxygen atoms in total. The molecule has 1 aliphatic carbocycles. The minimum Gasteiger partial charge on any atom is -0.351 e. The zero-order chi connectivity index (χ0) is 19.8. The van der Waals surface area contributed by atoms with Gasteiger partial charge in [-0.25, -0.2) is 0 Å². The van der Waals surface area contributed by atoms with E-state index >= 15 is 0 Å². The van der Waals surface area contributed by atoms with E-state index < -0.39 is 5.41 Å². The van der Waals surface area contributed by atoms with Crippen molar-refractivity contribution < 1.29 is 9.59 Å². The Morgan fingerprint density at radius 3 is 2.43 bits per heavy atom. The number of rotatable bonds is 7. The maximum absolute atomic E-state index is 13.5. The van der Waals surface area contributed by atoms with Crippen LogP contribution in [-0.4, -0.2) is 24.4 Å². The van der Waals surface area contributed by atoms with Crippen molar-refractivity contribution in [3.05, 3.63) is 65.7 Å². The van der Waals surface area contributed by atoms with Gasteiger partial charge in [0.2, 0.25) is 11.8 Å². The molecule has 0 saturated heterocycles. The minimum absolute atomic E-state index is 0.00745. The molecule has 28 heavy (non-hydrogen) atoms. The molecule has 1 saturated carbocycles. The maximum Gasteiger partial charge on any atom is 0.238 e. The first kappa shape index (κ1) is 18.7. The zero-order valence-corrected chi connectivity index (χ0v) is 16.7. The van der Waals surface area contributed by atoms with Crippen LogP contribution < -0.4 is 10.2 Å². The van der Waals surface area contributed by atoms with Crippen molar-refractivity contribution >= 4 is 17.5 Å². The van der Waals surface area contributed by atoms with E-state index in [1.54, 1.807) is 4.90 Å². The number of amides is 2. The number of carbonyl (C=O) groups is 2. The smallest absolute Gasteiger partial charge is 0.238 e. The molecule has 1 fully saturated rings. The minimum atomic E-state index is -0.848. The predicted molar refractivity (Wildman–Crippen MR) is 111 cm³/mol. The first-order valence-corrected chi connectivity index (χ1v) is 10.2. The number of benzene rings is 2. The van der Waals surface area contributed by atoms with Gasteiger partial charge >= 0.3 is 0 Å². The topological polar surface area (TPSA) is 49.4 Å². The van der Waals surface area contributed by atoms with Gasteiger partial charge in [-0.15, -0.1) is 0 Å². The van der Waals surface area contributed by atoms with Crippen LogP contribution in [0, 0.1) is 0 Å². The first-order valence-electron chi connectivity index (χ1n) is 10.2. The number of anilines is 1. The summed E-state index contributed by atoms with van der Waals surface area (Å²) < 4.78 is 0. The Morgan fingerprint density at radius 1 is 1.07 bits per heavy atom. The third kappa shape index (κ3) is 3.21. The van der Waals surface area contributed by atoms with Gasteiger partial charge in [0.25, 0.3) is 0 Å². The second-order valence-corrected chi connectivity index (χ2v) is 8.38. The fraction of sp³-hybridized carbons (Fsp3) is 0.417. The average Bonchev–Trinajstić information content (AvgIpc) is 3.42. The number of carbonyl (C=O) groups excluding carboxylic acids is 2. The average molecular weight is 377 g/mol. The summed E-state index contributed by atoms with van der Waals surface area (Å²) in [6.07, 6.45) is 4.87. The van der Waals surface area contributed by atoms with Crippen LogP contribution in [0.2, 0.25) is 0 Å². The van der Waals surface area contributed by atoms with Crippen molar-refractivity contribution in [2.24, 2.45) is 0 Å². The lowest BCUT2D eigenvalue weighted by Gasteiger charge is -2.29. The van der Waals surface area contributed by atoms with E-state index in [1.807, 2.05) is 61.6 Å². The molecule has 2 amide bonds. The van der Waals surface area contributed by atoms with Crippen LogP contribution in [-0.2, 0) is 21.4 Å². The molecule has 2 aromatic carbocycles.